The summed E-state index contributed by atoms with van der Waals surface area (Å²) in [6.07, 6.45) is 0.667. The van der Waals surface area contributed by atoms with Crippen molar-refractivity contribution in [3.05, 3.63) is 65.5 Å². The highest BCUT2D eigenvalue weighted by Crippen LogP contribution is 2.24. The third-order valence-corrected chi connectivity index (χ3v) is 4.32. The van der Waals surface area contributed by atoms with Gasteiger partial charge in [-0.15, -0.1) is 11.8 Å². The van der Waals surface area contributed by atoms with Gasteiger partial charge >= 0.3 is 0 Å². The van der Waals surface area contributed by atoms with Crippen LogP contribution >= 0.6 is 11.8 Å². The smallest absolute Gasteiger partial charge is 0.126 e. The predicted molar refractivity (Wildman–Crippen MR) is 89.4 cm³/mol. The molecule has 0 bridgehead atoms. The number of thioether (sulfide) groups is 1. The molecule has 0 aliphatic carbocycles. The highest BCUT2D eigenvalue weighted by Gasteiger charge is 2.13. The van der Waals surface area contributed by atoms with Gasteiger partial charge in [0, 0.05) is 10.9 Å². The van der Waals surface area contributed by atoms with Gasteiger partial charge < -0.3 is 5.32 Å². The van der Waals surface area contributed by atoms with Crippen LogP contribution in [-0.4, -0.2) is 12.3 Å². The number of halogens is 1. The molecule has 1 N–H and O–H groups in total. The highest BCUT2D eigenvalue weighted by atomic mass is 32.2. The largest absolute Gasteiger partial charge is 0.310 e. The summed E-state index contributed by atoms with van der Waals surface area (Å²) in [5.41, 5.74) is 1.97. The lowest BCUT2D eigenvalue weighted by molar-refractivity contribution is 0.528. The van der Waals surface area contributed by atoms with E-state index in [4.69, 9.17) is 0 Å². The van der Waals surface area contributed by atoms with Crippen molar-refractivity contribution < 1.29 is 4.39 Å². The van der Waals surface area contributed by atoms with Gasteiger partial charge in [-0.3, -0.25) is 0 Å². The molecule has 2 aromatic carbocycles. The molecule has 0 aromatic heterocycles. The van der Waals surface area contributed by atoms with Crippen molar-refractivity contribution in [3.8, 4) is 0 Å². The summed E-state index contributed by atoms with van der Waals surface area (Å²) in [5.74, 6) is 0.948. The molecule has 1 unspecified atom stereocenters. The van der Waals surface area contributed by atoms with Crippen LogP contribution in [0.2, 0.25) is 0 Å². The molecule has 112 valence electrons. The van der Waals surface area contributed by atoms with Crippen LogP contribution in [-0.2, 0) is 6.42 Å². The molecule has 2 aromatic rings. The van der Waals surface area contributed by atoms with Gasteiger partial charge in [0.15, 0.2) is 0 Å². The maximum absolute atomic E-state index is 13.8. The van der Waals surface area contributed by atoms with E-state index in [2.05, 4.69) is 43.4 Å². The Morgan fingerprint density at radius 1 is 1.05 bits per heavy atom. The maximum atomic E-state index is 13.8. The van der Waals surface area contributed by atoms with Crippen molar-refractivity contribution in [3.63, 3.8) is 0 Å². The van der Waals surface area contributed by atoms with Gasteiger partial charge in [0.05, 0.1) is 0 Å². The summed E-state index contributed by atoms with van der Waals surface area (Å²) in [7, 11) is 0. The summed E-state index contributed by atoms with van der Waals surface area (Å²) in [5, 5.41) is 3.45. The number of hydrogen-bond donors (Lipinski definition) is 1. The van der Waals surface area contributed by atoms with E-state index in [1.807, 2.05) is 23.9 Å². The minimum absolute atomic E-state index is 0.126. The van der Waals surface area contributed by atoms with Crippen LogP contribution in [0.4, 0.5) is 4.39 Å². The Bertz CT molecular complexity index is 553. The van der Waals surface area contributed by atoms with E-state index in [1.165, 1.54) is 16.5 Å². The van der Waals surface area contributed by atoms with Crippen LogP contribution in [0, 0.1) is 5.82 Å². The van der Waals surface area contributed by atoms with Crippen LogP contribution in [0.25, 0.3) is 0 Å². The van der Waals surface area contributed by atoms with Crippen LogP contribution in [0.5, 0.6) is 0 Å². The fourth-order valence-corrected chi connectivity index (χ4v) is 3.06. The first-order valence-electron chi connectivity index (χ1n) is 7.44. The Balaban J connectivity index is 2.16. The average molecular weight is 303 g/mol. The second-order valence-corrected chi connectivity index (χ2v) is 6.25. The van der Waals surface area contributed by atoms with Crippen LogP contribution in [0.1, 0.15) is 31.0 Å². The number of nitrogens with one attached hydrogen (secondary N) is 1. The van der Waals surface area contributed by atoms with Crippen LogP contribution < -0.4 is 5.32 Å². The molecule has 0 radical (unpaired) electrons. The second kappa shape index (κ2) is 8.20. The van der Waals surface area contributed by atoms with Crippen molar-refractivity contribution in [2.75, 3.05) is 12.3 Å². The maximum Gasteiger partial charge on any atom is 0.126 e. The fourth-order valence-electron chi connectivity index (χ4n) is 2.40. The Morgan fingerprint density at radius 3 is 2.38 bits per heavy atom. The van der Waals surface area contributed by atoms with Gasteiger partial charge in [-0.25, -0.2) is 4.39 Å². The Labute approximate surface area is 131 Å². The third kappa shape index (κ3) is 4.58. The van der Waals surface area contributed by atoms with Gasteiger partial charge in [0.1, 0.15) is 5.82 Å². The zero-order valence-electron chi connectivity index (χ0n) is 12.6. The highest BCUT2D eigenvalue weighted by molar-refractivity contribution is 7.99. The Morgan fingerprint density at radius 2 is 1.76 bits per heavy atom. The first-order chi connectivity index (χ1) is 10.2. The fraction of sp³-hybridized carbons (Fsp3) is 0.333. The van der Waals surface area contributed by atoms with E-state index in [1.54, 1.807) is 6.07 Å². The molecule has 0 saturated carbocycles. The normalized spacial score (nSPS) is 12.3. The lowest BCUT2D eigenvalue weighted by Gasteiger charge is -2.19. The molecular weight excluding hydrogens is 281 g/mol. The molecule has 21 heavy (non-hydrogen) atoms. The average Bonchev–Trinajstić information content (AvgIpc) is 2.50. The van der Waals surface area contributed by atoms with Crippen molar-refractivity contribution in [1.82, 2.24) is 5.32 Å². The summed E-state index contributed by atoms with van der Waals surface area (Å²) >= 11 is 1.84. The van der Waals surface area contributed by atoms with E-state index < -0.39 is 0 Å². The zero-order chi connectivity index (χ0) is 15.1. The lowest BCUT2D eigenvalue weighted by Crippen LogP contribution is -2.23. The van der Waals surface area contributed by atoms with E-state index in [-0.39, 0.29) is 11.9 Å². The van der Waals surface area contributed by atoms with E-state index in [0.717, 1.165) is 17.9 Å². The number of benzene rings is 2. The number of rotatable bonds is 7. The van der Waals surface area contributed by atoms with E-state index in [0.29, 0.717) is 6.42 Å². The predicted octanol–water partition coefficient (Wildman–Crippen LogP) is 4.83. The molecule has 0 heterocycles. The van der Waals surface area contributed by atoms with E-state index in [9.17, 15) is 4.39 Å². The minimum Gasteiger partial charge on any atom is -0.310 e. The molecule has 0 fully saturated rings. The molecule has 0 amide bonds. The monoisotopic (exact) mass is 303 g/mol. The van der Waals surface area contributed by atoms with E-state index >= 15 is 0 Å². The molecule has 0 saturated heterocycles. The summed E-state index contributed by atoms with van der Waals surface area (Å²) in [6, 6.07) is 15.7. The lowest BCUT2D eigenvalue weighted by atomic mass is 9.98. The van der Waals surface area contributed by atoms with Gasteiger partial charge in [0.2, 0.25) is 0 Å². The Kier molecular flexibility index (Phi) is 6.27. The van der Waals surface area contributed by atoms with Crippen LogP contribution in [0.3, 0.4) is 0 Å². The molecule has 1 atom stereocenters. The van der Waals surface area contributed by atoms with Gasteiger partial charge in [-0.1, -0.05) is 44.2 Å². The SMILES string of the molecule is CCNC(Cc1ccccc1F)c1ccc(SCC)cc1. The standard InChI is InChI=1S/C18H22FNS/c1-3-20-18(13-15-7-5-6-8-17(15)19)14-9-11-16(12-10-14)21-4-2/h5-12,18,20H,3-4,13H2,1-2H3. The first-order valence-corrected chi connectivity index (χ1v) is 8.42. The summed E-state index contributed by atoms with van der Waals surface area (Å²) in [4.78, 5) is 1.28. The minimum atomic E-state index is -0.126. The van der Waals surface area contributed by atoms with Crippen molar-refractivity contribution >= 4 is 11.8 Å². The van der Waals surface area contributed by atoms with Crippen molar-refractivity contribution in [2.45, 2.75) is 31.2 Å². The summed E-state index contributed by atoms with van der Waals surface area (Å²) in [6.45, 7) is 5.10. The third-order valence-electron chi connectivity index (χ3n) is 3.43. The van der Waals surface area contributed by atoms with Crippen molar-refractivity contribution in [1.29, 1.82) is 0 Å². The quantitative estimate of drug-likeness (QED) is 0.735. The molecule has 0 aliphatic heterocycles. The molecule has 2 rings (SSSR count). The van der Waals surface area contributed by atoms with Crippen molar-refractivity contribution in [2.24, 2.45) is 0 Å². The van der Waals surface area contributed by atoms with Crippen LogP contribution in [0.15, 0.2) is 53.4 Å². The second-order valence-electron chi connectivity index (χ2n) is 4.91. The van der Waals surface area contributed by atoms with Gasteiger partial charge in [-0.2, -0.15) is 0 Å². The number of likely N-dealkylation sites (N-methyl/N-ethyl adjacent to an activating group) is 1. The first kappa shape index (κ1) is 16.1. The topological polar surface area (TPSA) is 12.0 Å². The number of hydrogen-bond acceptors (Lipinski definition) is 2. The molecule has 3 heteroatoms. The zero-order valence-corrected chi connectivity index (χ0v) is 13.4. The Hall–Kier alpha value is -1.32. The van der Waals surface area contributed by atoms with Gasteiger partial charge in [-0.05, 0) is 48.0 Å². The molecule has 0 spiro atoms. The molecule has 0 aliphatic rings. The summed E-state index contributed by atoms with van der Waals surface area (Å²) < 4.78 is 13.8. The molecule has 1 nitrogen and oxygen atoms in total. The van der Waals surface area contributed by atoms with Gasteiger partial charge in [0.25, 0.3) is 0 Å². The molecular formula is C18H22FNS.